The van der Waals surface area contributed by atoms with E-state index in [1.165, 1.54) is 30.6 Å². The molecule has 1 atom stereocenters. The highest BCUT2D eigenvalue weighted by Crippen LogP contribution is 2.37. The lowest BCUT2D eigenvalue weighted by Crippen LogP contribution is -2.37. The van der Waals surface area contributed by atoms with Crippen LogP contribution in [0.2, 0.25) is 0 Å². The van der Waals surface area contributed by atoms with E-state index in [0.717, 1.165) is 13.0 Å². The number of rotatable bonds is 7. The quantitative estimate of drug-likeness (QED) is 0.806. The molecular weight excluding hydrogens is 256 g/mol. The van der Waals surface area contributed by atoms with Crippen LogP contribution in [0.15, 0.2) is 17.5 Å². The van der Waals surface area contributed by atoms with Crippen molar-refractivity contribution in [1.82, 2.24) is 10.6 Å². The van der Waals surface area contributed by atoms with E-state index in [1.54, 1.807) is 11.3 Å². The molecule has 0 spiro atoms. The van der Waals surface area contributed by atoms with Crippen molar-refractivity contribution >= 4 is 17.2 Å². The molecule has 0 aliphatic heterocycles. The Morgan fingerprint density at radius 1 is 1.47 bits per heavy atom. The first-order valence-electron chi connectivity index (χ1n) is 7.34. The second-order valence-corrected chi connectivity index (χ2v) is 6.25. The molecule has 1 unspecified atom stereocenters. The number of carbonyl (C=O) groups is 1. The highest BCUT2D eigenvalue weighted by atomic mass is 32.1. The molecule has 1 amide bonds. The summed E-state index contributed by atoms with van der Waals surface area (Å²) in [4.78, 5) is 13.1. The maximum Gasteiger partial charge on any atom is 0.233 e. The highest BCUT2D eigenvalue weighted by Gasteiger charge is 2.27. The summed E-state index contributed by atoms with van der Waals surface area (Å²) >= 11 is 1.79. The van der Waals surface area contributed by atoms with Gasteiger partial charge in [-0.05, 0) is 36.6 Å². The van der Waals surface area contributed by atoms with E-state index in [1.807, 2.05) is 0 Å². The summed E-state index contributed by atoms with van der Waals surface area (Å²) in [6.07, 6.45) is 6.22. The lowest BCUT2D eigenvalue weighted by molar-refractivity contribution is -0.120. The smallest absolute Gasteiger partial charge is 0.233 e. The normalized spacial score (nSPS) is 17.5. The minimum atomic E-state index is 0.112. The van der Waals surface area contributed by atoms with Gasteiger partial charge in [-0.15, -0.1) is 11.3 Å². The van der Waals surface area contributed by atoms with Gasteiger partial charge in [0, 0.05) is 17.5 Å². The fourth-order valence-electron chi connectivity index (χ4n) is 2.79. The first-order chi connectivity index (χ1) is 9.31. The summed E-state index contributed by atoms with van der Waals surface area (Å²) in [6, 6.07) is 4.64. The molecule has 1 heterocycles. The number of nitrogens with one attached hydrogen (secondary N) is 2. The van der Waals surface area contributed by atoms with E-state index in [4.69, 9.17) is 0 Å². The van der Waals surface area contributed by atoms with Gasteiger partial charge in [-0.2, -0.15) is 0 Å². The average molecular weight is 280 g/mol. The van der Waals surface area contributed by atoms with Crippen LogP contribution >= 0.6 is 11.3 Å². The topological polar surface area (TPSA) is 41.1 Å². The van der Waals surface area contributed by atoms with Crippen LogP contribution in [0, 0.1) is 5.92 Å². The van der Waals surface area contributed by atoms with Crippen molar-refractivity contribution in [3.63, 3.8) is 0 Å². The molecule has 4 heteroatoms. The summed E-state index contributed by atoms with van der Waals surface area (Å²) in [5.41, 5.74) is 0. The van der Waals surface area contributed by atoms with E-state index in [2.05, 4.69) is 35.1 Å². The molecular formula is C15H24N2OS. The Labute approximate surface area is 119 Å². The van der Waals surface area contributed by atoms with E-state index >= 15 is 0 Å². The van der Waals surface area contributed by atoms with Gasteiger partial charge in [-0.25, -0.2) is 0 Å². The average Bonchev–Trinajstić information content (AvgIpc) is 3.09. The van der Waals surface area contributed by atoms with E-state index < -0.39 is 0 Å². The van der Waals surface area contributed by atoms with Crippen LogP contribution in [0.5, 0.6) is 0 Å². The molecule has 0 aromatic carbocycles. The molecule has 1 saturated carbocycles. The van der Waals surface area contributed by atoms with Gasteiger partial charge < -0.3 is 10.6 Å². The zero-order valence-electron chi connectivity index (χ0n) is 11.7. The minimum Gasteiger partial charge on any atom is -0.355 e. The zero-order valence-corrected chi connectivity index (χ0v) is 12.5. The van der Waals surface area contributed by atoms with E-state index in [-0.39, 0.29) is 5.91 Å². The molecule has 1 aliphatic carbocycles. The van der Waals surface area contributed by atoms with Crippen LogP contribution in [-0.2, 0) is 4.79 Å². The Morgan fingerprint density at radius 3 is 2.89 bits per heavy atom. The number of thiophene rings is 1. The van der Waals surface area contributed by atoms with Crippen molar-refractivity contribution in [3.8, 4) is 0 Å². The van der Waals surface area contributed by atoms with Gasteiger partial charge in [0.1, 0.15) is 0 Å². The molecule has 1 aromatic rings. The molecule has 1 fully saturated rings. The van der Waals surface area contributed by atoms with Crippen molar-refractivity contribution in [2.75, 3.05) is 13.1 Å². The Hall–Kier alpha value is -0.870. The van der Waals surface area contributed by atoms with Gasteiger partial charge >= 0.3 is 0 Å². The maximum atomic E-state index is 11.7. The second kappa shape index (κ2) is 7.65. The molecule has 2 N–H and O–H groups in total. The van der Waals surface area contributed by atoms with Crippen LogP contribution in [0.1, 0.15) is 49.9 Å². The maximum absolute atomic E-state index is 11.7. The standard InChI is InChI=1S/C15H24N2OS/c1-2-9-16-14(18)11-17-15(12-6-3-4-7-12)13-8-5-10-19-13/h5,8,10,12,15,17H,2-4,6-7,9,11H2,1H3,(H,16,18). The van der Waals surface area contributed by atoms with Gasteiger partial charge in [0.2, 0.25) is 5.91 Å². The van der Waals surface area contributed by atoms with Crippen molar-refractivity contribution in [2.24, 2.45) is 5.92 Å². The summed E-state index contributed by atoms with van der Waals surface area (Å²) in [7, 11) is 0. The van der Waals surface area contributed by atoms with Gasteiger partial charge in [-0.1, -0.05) is 25.8 Å². The minimum absolute atomic E-state index is 0.112. The van der Waals surface area contributed by atoms with E-state index in [0.29, 0.717) is 18.5 Å². The predicted molar refractivity (Wildman–Crippen MR) is 80.3 cm³/mol. The lowest BCUT2D eigenvalue weighted by atomic mass is 9.96. The first-order valence-corrected chi connectivity index (χ1v) is 8.22. The number of amides is 1. The summed E-state index contributed by atoms with van der Waals surface area (Å²) < 4.78 is 0. The zero-order chi connectivity index (χ0) is 13.5. The summed E-state index contributed by atoms with van der Waals surface area (Å²) in [6.45, 7) is 3.27. The molecule has 106 valence electrons. The third-order valence-electron chi connectivity index (χ3n) is 3.78. The predicted octanol–water partition coefficient (Wildman–Crippen LogP) is 3.10. The fourth-order valence-corrected chi connectivity index (χ4v) is 3.68. The number of hydrogen-bond acceptors (Lipinski definition) is 3. The molecule has 1 aromatic heterocycles. The van der Waals surface area contributed by atoms with Crippen molar-refractivity contribution < 1.29 is 4.79 Å². The van der Waals surface area contributed by atoms with Crippen molar-refractivity contribution in [2.45, 2.75) is 45.1 Å². The summed E-state index contributed by atoms with van der Waals surface area (Å²) in [5, 5.41) is 8.52. The molecule has 0 saturated heterocycles. The van der Waals surface area contributed by atoms with Crippen molar-refractivity contribution in [3.05, 3.63) is 22.4 Å². The third-order valence-corrected chi connectivity index (χ3v) is 4.73. The van der Waals surface area contributed by atoms with Crippen molar-refractivity contribution in [1.29, 1.82) is 0 Å². The number of carbonyl (C=O) groups excluding carboxylic acids is 1. The van der Waals surface area contributed by atoms with Crippen LogP contribution in [-0.4, -0.2) is 19.0 Å². The molecule has 0 radical (unpaired) electrons. The van der Waals surface area contributed by atoms with Crippen LogP contribution in [0.3, 0.4) is 0 Å². The SMILES string of the molecule is CCCNC(=O)CNC(c1cccs1)C1CCCC1. The first kappa shape index (κ1) is 14.5. The third kappa shape index (κ3) is 4.32. The highest BCUT2D eigenvalue weighted by molar-refractivity contribution is 7.10. The Bertz CT molecular complexity index is 372. The molecule has 1 aliphatic rings. The largest absolute Gasteiger partial charge is 0.355 e. The Kier molecular flexibility index (Phi) is 5.86. The number of hydrogen-bond donors (Lipinski definition) is 2. The molecule has 19 heavy (non-hydrogen) atoms. The summed E-state index contributed by atoms with van der Waals surface area (Å²) in [5.74, 6) is 0.805. The molecule has 2 rings (SSSR count). The van der Waals surface area contributed by atoms with Crippen LogP contribution in [0.4, 0.5) is 0 Å². The van der Waals surface area contributed by atoms with Crippen LogP contribution in [0.25, 0.3) is 0 Å². The Balaban J connectivity index is 1.89. The lowest BCUT2D eigenvalue weighted by Gasteiger charge is -2.23. The Morgan fingerprint density at radius 2 is 2.26 bits per heavy atom. The van der Waals surface area contributed by atoms with Gasteiger partial charge in [-0.3, -0.25) is 4.79 Å². The van der Waals surface area contributed by atoms with Gasteiger partial charge in [0.25, 0.3) is 0 Å². The second-order valence-electron chi connectivity index (χ2n) is 5.27. The monoisotopic (exact) mass is 280 g/mol. The fraction of sp³-hybridized carbons (Fsp3) is 0.667. The molecule has 3 nitrogen and oxygen atoms in total. The van der Waals surface area contributed by atoms with Crippen LogP contribution < -0.4 is 10.6 Å². The van der Waals surface area contributed by atoms with E-state index in [9.17, 15) is 4.79 Å². The molecule has 0 bridgehead atoms. The van der Waals surface area contributed by atoms with Gasteiger partial charge in [0.05, 0.1) is 6.54 Å². The van der Waals surface area contributed by atoms with Gasteiger partial charge in [0.15, 0.2) is 0 Å².